The Morgan fingerprint density at radius 2 is 2.33 bits per heavy atom. The van der Waals surface area contributed by atoms with Crippen molar-refractivity contribution in [3.8, 4) is 0 Å². The first kappa shape index (κ1) is 8.50. The highest BCUT2D eigenvalue weighted by Crippen LogP contribution is 1.95. The number of alkyl halides is 1. The van der Waals surface area contributed by atoms with Crippen LogP contribution in [0.15, 0.2) is 17.8 Å². The number of rotatable bonds is 3. The maximum absolute atomic E-state index is 5.66. The van der Waals surface area contributed by atoms with E-state index < -0.39 is 0 Å². The molecule has 0 spiro atoms. The van der Waals surface area contributed by atoms with E-state index in [4.69, 9.17) is 11.6 Å². The van der Waals surface area contributed by atoms with Crippen LogP contribution in [0.25, 0.3) is 0 Å². The minimum Gasteiger partial charge on any atom is -0.350 e. The highest BCUT2D eigenvalue weighted by molar-refractivity contribution is 6.20. The van der Waals surface area contributed by atoms with Crippen molar-refractivity contribution in [2.24, 2.45) is 4.99 Å². The Hall–Kier alpha value is -0.500. The van der Waals surface area contributed by atoms with Gasteiger partial charge in [-0.15, -0.1) is 0 Å². The van der Waals surface area contributed by atoms with Crippen LogP contribution in [0.1, 0.15) is 6.92 Å². The first-order valence-corrected chi connectivity index (χ1v) is 3.12. The van der Waals surface area contributed by atoms with Gasteiger partial charge in [0.05, 0.1) is 6.34 Å². The van der Waals surface area contributed by atoms with Gasteiger partial charge in [0.15, 0.2) is 0 Å². The minimum absolute atomic E-state index is 0.0197. The standard InChI is InChI=1S/C6H11ClN2/c1-4-8-5-9(3)6(2)7/h4-6H,1H2,2-3H3/b8-5-. The van der Waals surface area contributed by atoms with E-state index in [0.717, 1.165) is 0 Å². The van der Waals surface area contributed by atoms with E-state index >= 15 is 0 Å². The van der Waals surface area contributed by atoms with Crippen molar-refractivity contribution in [3.05, 3.63) is 12.8 Å². The third kappa shape index (κ3) is 4.03. The van der Waals surface area contributed by atoms with E-state index in [2.05, 4.69) is 11.6 Å². The molecule has 0 rings (SSSR count). The number of nitrogens with zero attached hydrogens (tertiary/aromatic N) is 2. The summed E-state index contributed by atoms with van der Waals surface area (Å²) >= 11 is 5.66. The van der Waals surface area contributed by atoms with Gasteiger partial charge >= 0.3 is 0 Å². The summed E-state index contributed by atoms with van der Waals surface area (Å²) < 4.78 is 0. The third-order valence-electron chi connectivity index (χ3n) is 0.915. The van der Waals surface area contributed by atoms with Crippen LogP contribution in [0, 0.1) is 0 Å². The van der Waals surface area contributed by atoms with Gasteiger partial charge in [-0.05, 0) is 6.92 Å². The fraction of sp³-hybridized carbons (Fsp3) is 0.500. The molecule has 0 aromatic carbocycles. The Kier molecular flexibility index (Phi) is 4.14. The lowest BCUT2D eigenvalue weighted by molar-refractivity contribution is 0.506. The molecule has 0 aliphatic carbocycles. The molecule has 0 N–H and O–H groups in total. The van der Waals surface area contributed by atoms with Crippen molar-refractivity contribution in [3.63, 3.8) is 0 Å². The Morgan fingerprint density at radius 3 is 2.67 bits per heavy atom. The molecule has 0 bridgehead atoms. The molecule has 0 aliphatic rings. The topological polar surface area (TPSA) is 15.6 Å². The van der Waals surface area contributed by atoms with Gasteiger partial charge in [0.25, 0.3) is 0 Å². The molecule has 0 amide bonds. The molecule has 1 atom stereocenters. The molecule has 0 radical (unpaired) electrons. The zero-order valence-electron chi connectivity index (χ0n) is 5.71. The van der Waals surface area contributed by atoms with Crippen molar-refractivity contribution >= 4 is 17.9 Å². The Balaban J connectivity index is 3.61. The van der Waals surface area contributed by atoms with Crippen LogP contribution in [-0.4, -0.2) is 23.8 Å². The van der Waals surface area contributed by atoms with Crippen LogP contribution < -0.4 is 0 Å². The van der Waals surface area contributed by atoms with E-state index in [1.165, 1.54) is 6.20 Å². The SMILES string of the molecule is C=C/N=C\N(C)C(C)Cl. The summed E-state index contributed by atoms with van der Waals surface area (Å²) in [7, 11) is 1.85. The summed E-state index contributed by atoms with van der Waals surface area (Å²) in [5.41, 5.74) is -0.0197. The Morgan fingerprint density at radius 1 is 1.78 bits per heavy atom. The Labute approximate surface area is 60.8 Å². The van der Waals surface area contributed by atoms with Crippen LogP contribution in [0.4, 0.5) is 0 Å². The number of halogens is 1. The molecule has 0 saturated heterocycles. The van der Waals surface area contributed by atoms with E-state index in [-0.39, 0.29) is 5.50 Å². The molecule has 0 aromatic rings. The fourth-order valence-electron chi connectivity index (χ4n) is 0.244. The summed E-state index contributed by atoms with van der Waals surface area (Å²) in [6.45, 7) is 5.30. The van der Waals surface area contributed by atoms with Gasteiger partial charge in [0.1, 0.15) is 5.50 Å². The average Bonchev–Trinajstić information content (AvgIpc) is 1.82. The predicted octanol–water partition coefficient (Wildman–Crippen LogP) is 1.67. The van der Waals surface area contributed by atoms with E-state index in [1.54, 1.807) is 11.2 Å². The monoisotopic (exact) mass is 146 g/mol. The summed E-state index contributed by atoms with van der Waals surface area (Å²) in [5.74, 6) is 0. The predicted molar refractivity (Wildman–Crippen MR) is 41.8 cm³/mol. The number of hydrogen-bond donors (Lipinski definition) is 0. The lowest BCUT2D eigenvalue weighted by Gasteiger charge is -2.14. The van der Waals surface area contributed by atoms with Gasteiger partial charge in [-0.3, -0.25) is 0 Å². The summed E-state index contributed by atoms with van der Waals surface area (Å²) in [6, 6.07) is 0. The lowest BCUT2D eigenvalue weighted by atomic mass is 10.7. The molecule has 2 nitrogen and oxygen atoms in total. The first-order valence-electron chi connectivity index (χ1n) is 2.68. The highest BCUT2D eigenvalue weighted by atomic mass is 35.5. The molecule has 0 heterocycles. The summed E-state index contributed by atoms with van der Waals surface area (Å²) in [5, 5.41) is 0. The maximum atomic E-state index is 5.66. The molecule has 0 aromatic heterocycles. The Bertz CT molecular complexity index is 110. The highest BCUT2D eigenvalue weighted by Gasteiger charge is 1.96. The normalized spacial score (nSPS) is 13.7. The van der Waals surface area contributed by atoms with Crippen molar-refractivity contribution in [2.45, 2.75) is 12.4 Å². The third-order valence-corrected chi connectivity index (χ3v) is 1.22. The average molecular weight is 147 g/mol. The summed E-state index contributed by atoms with van der Waals surface area (Å²) in [4.78, 5) is 5.55. The smallest absolute Gasteiger partial charge is 0.101 e. The van der Waals surface area contributed by atoms with Crippen LogP contribution >= 0.6 is 11.6 Å². The van der Waals surface area contributed by atoms with Crippen LogP contribution in [0.3, 0.4) is 0 Å². The molecule has 0 saturated carbocycles. The second-order valence-corrected chi connectivity index (χ2v) is 2.32. The molecular weight excluding hydrogens is 136 g/mol. The zero-order chi connectivity index (χ0) is 7.28. The van der Waals surface area contributed by atoms with Crippen LogP contribution in [-0.2, 0) is 0 Å². The second kappa shape index (κ2) is 4.39. The minimum atomic E-state index is -0.0197. The van der Waals surface area contributed by atoms with E-state index in [9.17, 15) is 0 Å². The number of aliphatic imine (C=N–C) groups is 1. The van der Waals surface area contributed by atoms with E-state index in [1.807, 2.05) is 14.0 Å². The summed E-state index contributed by atoms with van der Waals surface area (Å²) in [6.07, 6.45) is 3.10. The second-order valence-electron chi connectivity index (χ2n) is 1.69. The molecular formula is C6H11ClN2. The van der Waals surface area contributed by atoms with Gasteiger partial charge < -0.3 is 4.90 Å². The zero-order valence-corrected chi connectivity index (χ0v) is 6.47. The lowest BCUT2D eigenvalue weighted by Crippen LogP contribution is -2.21. The largest absolute Gasteiger partial charge is 0.350 e. The van der Waals surface area contributed by atoms with Gasteiger partial charge in [-0.25, -0.2) is 4.99 Å². The molecule has 1 unspecified atom stereocenters. The van der Waals surface area contributed by atoms with Crippen molar-refractivity contribution < 1.29 is 0 Å². The van der Waals surface area contributed by atoms with Crippen molar-refractivity contribution in [1.82, 2.24) is 4.90 Å². The van der Waals surface area contributed by atoms with Gasteiger partial charge in [-0.1, -0.05) is 18.2 Å². The van der Waals surface area contributed by atoms with Gasteiger partial charge in [-0.2, -0.15) is 0 Å². The molecule has 3 heteroatoms. The van der Waals surface area contributed by atoms with E-state index in [0.29, 0.717) is 0 Å². The molecule has 52 valence electrons. The van der Waals surface area contributed by atoms with Crippen molar-refractivity contribution in [1.29, 1.82) is 0 Å². The van der Waals surface area contributed by atoms with Gasteiger partial charge in [0, 0.05) is 13.2 Å². The van der Waals surface area contributed by atoms with Crippen molar-refractivity contribution in [2.75, 3.05) is 7.05 Å². The maximum Gasteiger partial charge on any atom is 0.101 e. The fourth-order valence-corrected chi connectivity index (χ4v) is 0.295. The quantitative estimate of drug-likeness (QED) is 0.256. The number of hydrogen-bond acceptors (Lipinski definition) is 1. The van der Waals surface area contributed by atoms with Crippen LogP contribution in [0.2, 0.25) is 0 Å². The van der Waals surface area contributed by atoms with Crippen LogP contribution in [0.5, 0.6) is 0 Å². The van der Waals surface area contributed by atoms with Gasteiger partial charge in [0.2, 0.25) is 0 Å². The molecule has 9 heavy (non-hydrogen) atoms. The molecule has 0 fully saturated rings. The first-order chi connectivity index (χ1) is 4.18. The molecule has 0 aliphatic heterocycles.